The molecule has 0 aliphatic heterocycles. The van der Waals surface area contributed by atoms with Crippen LogP contribution >= 0.6 is 28.1 Å². The lowest BCUT2D eigenvalue weighted by Crippen LogP contribution is -2.34. The number of thiocarbonyl (C=S) groups is 1. The molecule has 0 saturated carbocycles. The van der Waals surface area contributed by atoms with Gasteiger partial charge in [-0.05, 0) is 76.2 Å². The number of rotatable bonds is 10. The average Bonchev–Trinajstić information content (AvgIpc) is 2.84. The van der Waals surface area contributed by atoms with Crippen molar-refractivity contribution in [2.75, 3.05) is 18.5 Å². The SMILES string of the molecule is C=CCNS(=O)(=O)c1ccc(NC(=S)NC(=O)c2ccc(OCCc3ccccc3)c(Br)c2)cc1. The maximum atomic E-state index is 12.6. The summed E-state index contributed by atoms with van der Waals surface area (Å²) < 4.78 is 33.1. The highest BCUT2D eigenvalue weighted by Crippen LogP contribution is 2.26. The minimum absolute atomic E-state index is 0.0784. The first-order valence-corrected chi connectivity index (χ1v) is 13.3. The lowest BCUT2D eigenvalue weighted by atomic mass is 10.2. The maximum absolute atomic E-state index is 12.6. The number of benzene rings is 3. The number of hydrogen-bond acceptors (Lipinski definition) is 5. The predicted molar refractivity (Wildman–Crippen MR) is 145 cm³/mol. The lowest BCUT2D eigenvalue weighted by molar-refractivity contribution is 0.0977. The molecule has 3 aromatic carbocycles. The van der Waals surface area contributed by atoms with Crippen LogP contribution in [0.4, 0.5) is 5.69 Å². The van der Waals surface area contributed by atoms with Crippen LogP contribution < -0.4 is 20.1 Å². The van der Waals surface area contributed by atoms with Crippen LogP contribution in [-0.2, 0) is 16.4 Å². The van der Waals surface area contributed by atoms with Crippen LogP contribution in [0.3, 0.4) is 0 Å². The zero-order chi connectivity index (χ0) is 25.3. The number of amides is 1. The van der Waals surface area contributed by atoms with Gasteiger partial charge in [-0.2, -0.15) is 0 Å². The highest BCUT2D eigenvalue weighted by Gasteiger charge is 2.14. The van der Waals surface area contributed by atoms with Gasteiger partial charge < -0.3 is 10.1 Å². The molecule has 3 rings (SSSR count). The van der Waals surface area contributed by atoms with Gasteiger partial charge >= 0.3 is 0 Å². The van der Waals surface area contributed by atoms with E-state index in [1.54, 1.807) is 30.3 Å². The Kier molecular flexibility index (Phi) is 9.55. The Bertz CT molecular complexity index is 1300. The van der Waals surface area contributed by atoms with Gasteiger partial charge in [0.25, 0.3) is 5.91 Å². The smallest absolute Gasteiger partial charge is 0.257 e. The van der Waals surface area contributed by atoms with Crippen molar-refractivity contribution in [2.45, 2.75) is 11.3 Å². The summed E-state index contributed by atoms with van der Waals surface area (Å²) in [4.78, 5) is 12.7. The Morgan fingerprint density at radius 1 is 1.06 bits per heavy atom. The number of nitrogens with one attached hydrogen (secondary N) is 3. The van der Waals surface area contributed by atoms with E-state index in [-0.39, 0.29) is 16.6 Å². The minimum Gasteiger partial charge on any atom is -0.492 e. The standard InChI is InChI=1S/C25H24BrN3O4S2/c1-2-15-27-35(31,32)21-11-9-20(10-12-21)28-25(34)29-24(30)19-8-13-23(22(26)17-19)33-16-14-18-6-4-3-5-7-18/h2-13,17,27H,1,14-16H2,(H2,28,29,30,34). The number of sulfonamides is 1. The van der Waals surface area contributed by atoms with E-state index in [1.807, 2.05) is 30.3 Å². The first kappa shape index (κ1) is 26.6. The zero-order valence-electron chi connectivity index (χ0n) is 18.7. The van der Waals surface area contributed by atoms with Gasteiger partial charge in [0.1, 0.15) is 5.75 Å². The summed E-state index contributed by atoms with van der Waals surface area (Å²) in [5, 5.41) is 5.55. The van der Waals surface area contributed by atoms with Gasteiger partial charge in [0, 0.05) is 24.2 Å². The molecule has 0 heterocycles. The quantitative estimate of drug-likeness (QED) is 0.241. The second kappa shape index (κ2) is 12.6. The fraction of sp³-hybridized carbons (Fsp3) is 0.120. The Morgan fingerprint density at radius 3 is 2.43 bits per heavy atom. The third kappa shape index (κ3) is 8.00. The van der Waals surface area contributed by atoms with Crippen molar-refractivity contribution in [3.05, 3.63) is 101 Å². The van der Waals surface area contributed by atoms with Crippen molar-refractivity contribution >= 4 is 54.9 Å². The zero-order valence-corrected chi connectivity index (χ0v) is 21.9. The Labute approximate surface area is 218 Å². The number of anilines is 1. The van der Waals surface area contributed by atoms with Crippen LogP contribution in [0.5, 0.6) is 5.75 Å². The van der Waals surface area contributed by atoms with E-state index in [1.165, 1.54) is 23.8 Å². The molecule has 1 amide bonds. The molecule has 3 N–H and O–H groups in total. The number of ether oxygens (including phenoxy) is 1. The molecule has 0 atom stereocenters. The number of hydrogen-bond donors (Lipinski definition) is 3. The molecular weight excluding hydrogens is 550 g/mol. The Hall–Kier alpha value is -3.05. The predicted octanol–water partition coefficient (Wildman–Crippen LogP) is 4.66. The number of carbonyl (C=O) groups excluding carboxylic acids is 1. The summed E-state index contributed by atoms with van der Waals surface area (Å²) in [6.07, 6.45) is 2.23. The van der Waals surface area contributed by atoms with Crippen molar-refractivity contribution in [2.24, 2.45) is 0 Å². The van der Waals surface area contributed by atoms with Crippen LogP contribution in [0.15, 0.2) is 94.8 Å². The van der Waals surface area contributed by atoms with Gasteiger partial charge in [0.05, 0.1) is 16.0 Å². The molecule has 0 bridgehead atoms. The van der Waals surface area contributed by atoms with E-state index in [4.69, 9.17) is 17.0 Å². The van der Waals surface area contributed by atoms with E-state index in [2.05, 4.69) is 37.9 Å². The van der Waals surface area contributed by atoms with Gasteiger partial charge in [-0.15, -0.1) is 6.58 Å². The van der Waals surface area contributed by atoms with Gasteiger partial charge in [-0.1, -0.05) is 36.4 Å². The van der Waals surface area contributed by atoms with E-state index in [9.17, 15) is 13.2 Å². The maximum Gasteiger partial charge on any atom is 0.257 e. The van der Waals surface area contributed by atoms with Crippen LogP contribution in [0.1, 0.15) is 15.9 Å². The fourth-order valence-corrected chi connectivity index (χ4v) is 4.69. The van der Waals surface area contributed by atoms with Crippen LogP contribution in [0.25, 0.3) is 0 Å². The summed E-state index contributed by atoms with van der Waals surface area (Å²) in [5.41, 5.74) is 2.11. The Morgan fingerprint density at radius 2 is 1.77 bits per heavy atom. The molecule has 182 valence electrons. The third-order valence-electron chi connectivity index (χ3n) is 4.75. The van der Waals surface area contributed by atoms with Crippen molar-refractivity contribution in [3.8, 4) is 5.75 Å². The van der Waals surface area contributed by atoms with Crippen LogP contribution in [0, 0.1) is 0 Å². The molecule has 0 aromatic heterocycles. The first-order valence-electron chi connectivity index (χ1n) is 10.6. The van der Waals surface area contributed by atoms with Gasteiger partial charge in [-0.3, -0.25) is 10.1 Å². The summed E-state index contributed by atoms with van der Waals surface area (Å²) in [6, 6.07) is 21.0. The minimum atomic E-state index is -3.62. The largest absolute Gasteiger partial charge is 0.492 e. The summed E-state index contributed by atoms with van der Waals surface area (Å²) in [5.74, 6) is 0.239. The Balaban J connectivity index is 1.53. The molecule has 0 unspecified atom stereocenters. The summed E-state index contributed by atoms with van der Waals surface area (Å²) >= 11 is 8.66. The number of halogens is 1. The van der Waals surface area contributed by atoms with Crippen molar-refractivity contribution in [1.29, 1.82) is 0 Å². The molecule has 10 heteroatoms. The first-order chi connectivity index (χ1) is 16.8. The van der Waals surface area contributed by atoms with Crippen molar-refractivity contribution in [3.63, 3.8) is 0 Å². The lowest BCUT2D eigenvalue weighted by Gasteiger charge is -2.12. The second-order valence-corrected chi connectivity index (χ2v) is 10.3. The van der Waals surface area contributed by atoms with Gasteiger partial charge in [0.2, 0.25) is 10.0 Å². The highest BCUT2D eigenvalue weighted by molar-refractivity contribution is 9.10. The van der Waals surface area contributed by atoms with Crippen molar-refractivity contribution in [1.82, 2.24) is 10.0 Å². The van der Waals surface area contributed by atoms with Crippen molar-refractivity contribution < 1.29 is 17.9 Å². The van der Waals surface area contributed by atoms with E-state index >= 15 is 0 Å². The summed E-state index contributed by atoms with van der Waals surface area (Å²) in [7, 11) is -3.62. The monoisotopic (exact) mass is 573 g/mol. The normalized spacial score (nSPS) is 10.9. The van der Waals surface area contributed by atoms with E-state index < -0.39 is 15.9 Å². The topological polar surface area (TPSA) is 96.5 Å². The third-order valence-corrected chi connectivity index (χ3v) is 7.02. The molecule has 7 nitrogen and oxygen atoms in total. The molecule has 3 aromatic rings. The van der Waals surface area contributed by atoms with Crippen LogP contribution in [-0.4, -0.2) is 32.6 Å². The van der Waals surface area contributed by atoms with Crippen LogP contribution in [0.2, 0.25) is 0 Å². The second-order valence-electron chi connectivity index (χ2n) is 7.30. The number of carbonyl (C=O) groups is 1. The molecule has 0 aliphatic carbocycles. The molecular formula is C25H24BrN3O4S2. The molecule has 0 radical (unpaired) electrons. The molecule has 35 heavy (non-hydrogen) atoms. The highest BCUT2D eigenvalue weighted by atomic mass is 79.9. The molecule has 0 spiro atoms. The molecule has 0 fully saturated rings. The fourth-order valence-electron chi connectivity index (χ4n) is 2.99. The van der Waals surface area contributed by atoms with E-state index in [0.29, 0.717) is 28.1 Å². The molecule has 0 aliphatic rings. The van der Waals surface area contributed by atoms with Gasteiger partial charge in [-0.25, -0.2) is 13.1 Å². The van der Waals surface area contributed by atoms with E-state index in [0.717, 1.165) is 6.42 Å². The average molecular weight is 575 g/mol. The van der Waals surface area contributed by atoms with Gasteiger partial charge in [0.15, 0.2) is 5.11 Å². The molecule has 0 saturated heterocycles. The summed E-state index contributed by atoms with van der Waals surface area (Å²) in [6.45, 7) is 4.13.